The summed E-state index contributed by atoms with van der Waals surface area (Å²) in [6.45, 7) is 0.571. The Morgan fingerprint density at radius 2 is 1.88 bits per heavy atom. The number of nitrogens with zero attached hydrogens (tertiary/aromatic N) is 1. The van der Waals surface area contributed by atoms with Crippen LogP contribution in [0.3, 0.4) is 0 Å². The zero-order valence-corrected chi connectivity index (χ0v) is 22.1. The molecule has 0 radical (unpaired) electrons. The number of phenolic OH excluding ortho intramolecular Hbond substituents is 1. The number of hydrogen-bond acceptors (Lipinski definition) is 10. The van der Waals surface area contributed by atoms with Crippen LogP contribution < -0.4 is 11.1 Å². The fourth-order valence-electron chi connectivity index (χ4n) is 6.62. The molecule has 6 rings (SSSR count). The van der Waals surface area contributed by atoms with Gasteiger partial charge in [-0.25, -0.2) is 0 Å². The van der Waals surface area contributed by atoms with E-state index in [9.17, 15) is 34.8 Å². The number of nitrogens with two attached hydrogens (primary N) is 1. The van der Waals surface area contributed by atoms with E-state index in [1.165, 1.54) is 11.0 Å². The summed E-state index contributed by atoms with van der Waals surface area (Å²) < 4.78 is 6.08. The first kappa shape index (κ1) is 26.3. The van der Waals surface area contributed by atoms with Gasteiger partial charge in [-0.1, -0.05) is 0 Å². The number of aliphatic hydroxyl groups excluding tert-OH is 2. The Morgan fingerprint density at radius 1 is 1.15 bits per heavy atom. The van der Waals surface area contributed by atoms with Crippen LogP contribution in [0, 0.1) is 11.8 Å². The first-order valence-electron chi connectivity index (χ1n) is 13.3. The molecular formula is C29H31N3O8. The molecule has 1 aromatic carbocycles. The molecule has 0 saturated heterocycles. The van der Waals surface area contributed by atoms with Gasteiger partial charge in [-0.3, -0.25) is 19.3 Å². The number of aliphatic hydroxyl groups is 3. The van der Waals surface area contributed by atoms with Gasteiger partial charge in [0.2, 0.25) is 5.78 Å². The molecule has 1 amide bonds. The molecule has 0 aliphatic heterocycles. The van der Waals surface area contributed by atoms with Crippen LogP contribution in [0.15, 0.2) is 45.6 Å². The van der Waals surface area contributed by atoms with Crippen LogP contribution >= 0.6 is 0 Å². The van der Waals surface area contributed by atoms with E-state index >= 15 is 0 Å². The van der Waals surface area contributed by atoms with Gasteiger partial charge >= 0.3 is 0 Å². The Balaban J connectivity index is 1.47. The molecule has 4 aliphatic carbocycles. The molecule has 11 nitrogen and oxygen atoms in total. The Morgan fingerprint density at radius 3 is 2.52 bits per heavy atom. The molecule has 2 aromatic rings. The van der Waals surface area contributed by atoms with Gasteiger partial charge in [-0.2, -0.15) is 0 Å². The highest BCUT2D eigenvalue weighted by Crippen LogP contribution is 2.53. The van der Waals surface area contributed by atoms with E-state index in [4.69, 9.17) is 10.2 Å². The van der Waals surface area contributed by atoms with Gasteiger partial charge in [0, 0.05) is 23.1 Å². The maximum absolute atomic E-state index is 13.9. The van der Waals surface area contributed by atoms with Gasteiger partial charge in [0.25, 0.3) is 5.91 Å². The van der Waals surface area contributed by atoms with E-state index in [2.05, 4.69) is 5.32 Å². The maximum atomic E-state index is 13.9. The van der Waals surface area contributed by atoms with E-state index < -0.39 is 58.0 Å². The lowest BCUT2D eigenvalue weighted by Crippen LogP contribution is -2.65. The molecule has 1 heterocycles. The minimum Gasteiger partial charge on any atom is -0.508 e. The third-order valence-electron chi connectivity index (χ3n) is 8.67. The van der Waals surface area contributed by atoms with Crippen molar-refractivity contribution >= 4 is 23.2 Å². The number of primary amides is 1. The van der Waals surface area contributed by atoms with Gasteiger partial charge in [0.1, 0.15) is 34.4 Å². The number of likely N-dealkylation sites (N-methyl/N-ethyl adjacent to an activating group) is 1. The van der Waals surface area contributed by atoms with E-state index in [-0.39, 0.29) is 29.7 Å². The van der Waals surface area contributed by atoms with Crippen molar-refractivity contribution < 1.29 is 39.2 Å². The fourth-order valence-corrected chi connectivity index (χ4v) is 6.62. The summed E-state index contributed by atoms with van der Waals surface area (Å²) in [5.41, 5.74) is 2.89. The van der Waals surface area contributed by atoms with E-state index in [1.807, 2.05) is 12.1 Å². The number of carbonyl (C=O) groups is 3. The van der Waals surface area contributed by atoms with Gasteiger partial charge in [-0.15, -0.1) is 0 Å². The fraction of sp³-hybridized carbons (Fsp3) is 0.414. The van der Waals surface area contributed by atoms with Crippen molar-refractivity contribution in [3.05, 3.63) is 58.1 Å². The van der Waals surface area contributed by atoms with Crippen molar-refractivity contribution in [2.45, 2.75) is 49.9 Å². The number of phenols is 1. The Hall–Kier alpha value is -3.93. The average molecular weight is 550 g/mol. The van der Waals surface area contributed by atoms with E-state index in [0.29, 0.717) is 29.5 Å². The number of rotatable bonds is 6. The molecule has 11 heteroatoms. The number of furan rings is 1. The van der Waals surface area contributed by atoms with Crippen LogP contribution in [0.25, 0.3) is 17.1 Å². The van der Waals surface area contributed by atoms with E-state index in [0.717, 1.165) is 18.6 Å². The van der Waals surface area contributed by atoms with Crippen LogP contribution in [-0.4, -0.2) is 74.6 Å². The molecule has 1 aromatic heterocycles. The van der Waals surface area contributed by atoms with Crippen LogP contribution in [-0.2, 0) is 27.3 Å². The van der Waals surface area contributed by atoms with Gasteiger partial charge in [0.05, 0.1) is 18.2 Å². The summed E-state index contributed by atoms with van der Waals surface area (Å²) in [7, 11) is 3.13. The van der Waals surface area contributed by atoms with Crippen molar-refractivity contribution in [2.75, 3.05) is 14.1 Å². The Labute approximate surface area is 229 Å². The van der Waals surface area contributed by atoms with E-state index in [1.54, 1.807) is 20.2 Å². The number of Topliss-reactive ketones (excluding diaryl/α,β-unsaturated/α-hetero) is 2. The zero-order chi connectivity index (χ0) is 28.7. The minimum absolute atomic E-state index is 0.0234. The van der Waals surface area contributed by atoms with Gasteiger partial charge in [-0.05, 0) is 75.5 Å². The molecule has 40 heavy (non-hydrogen) atoms. The number of carbonyl (C=O) groups excluding carboxylic acids is 3. The molecule has 4 atom stereocenters. The molecule has 4 aliphatic rings. The predicted molar refractivity (Wildman–Crippen MR) is 142 cm³/mol. The number of ketones is 2. The molecule has 0 bridgehead atoms. The molecule has 210 valence electrons. The SMILES string of the molecule is CN(C)[C@@H]1C(=O)C(C(N)=O)=C(O)[C@]2(O)C(=O)C3=C(O)c4c(O)ccc(-c5ccc(CNC6CC6)o5)c4C[C@@H]3C[C@H]12. The summed E-state index contributed by atoms with van der Waals surface area (Å²) in [6, 6.07) is 6.12. The van der Waals surface area contributed by atoms with Gasteiger partial charge in [0.15, 0.2) is 11.4 Å². The van der Waals surface area contributed by atoms with Crippen LogP contribution in [0.1, 0.15) is 36.1 Å². The Bertz CT molecular complexity index is 1530. The van der Waals surface area contributed by atoms with Crippen LogP contribution in [0.4, 0.5) is 0 Å². The number of amides is 1. The van der Waals surface area contributed by atoms with Gasteiger partial charge < -0.3 is 35.9 Å². The standard InChI is InChI=1S/C29H31N3O8/c1-32(2)23-17-10-12-9-16-15(19-8-5-14(40-19)11-31-13-3-4-13)6-7-18(33)21(16)24(34)20(12)26(36)29(17,39)27(37)22(25(23)35)28(30)38/h5-8,12-13,17,23,31,33-34,37,39H,3-4,9-11H2,1-2H3,(H2,30,38)/t12-,17-,23+,29-/m1/s1. The largest absolute Gasteiger partial charge is 0.508 e. The van der Waals surface area contributed by atoms with Crippen molar-refractivity contribution in [3.63, 3.8) is 0 Å². The number of benzene rings is 1. The second-order valence-electron chi connectivity index (χ2n) is 11.4. The third-order valence-corrected chi connectivity index (χ3v) is 8.67. The Kier molecular flexibility index (Phi) is 5.95. The normalized spacial score (nSPS) is 28.1. The molecule has 7 N–H and O–H groups in total. The van der Waals surface area contributed by atoms with Crippen molar-refractivity contribution in [1.29, 1.82) is 0 Å². The topological polar surface area (TPSA) is 187 Å². The van der Waals surface area contributed by atoms with Crippen LogP contribution in [0.2, 0.25) is 0 Å². The van der Waals surface area contributed by atoms with Crippen LogP contribution in [0.5, 0.6) is 5.75 Å². The second-order valence-corrected chi connectivity index (χ2v) is 11.4. The average Bonchev–Trinajstić information content (AvgIpc) is 3.60. The summed E-state index contributed by atoms with van der Waals surface area (Å²) in [4.78, 5) is 40.8. The maximum Gasteiger partial charge on any atom is 0.255 e. The molecule has 0 spiro atoms. The number of aromatic hydroxyl groups is 1. The monoisotopic (exact) mass is 549 g/mol. The smallest absolute Gasteiger partial charge is 0.255 e. The minimum atomic E-state index is -2.66. The zero-order valence-electron chi connectivity index (χ0n) is 22.1. The second kappa shape index (κ2) is 9.05. The lowest BCUT2D eigenvalue weighted by Gasteiger charge is -2.50. The highest BCUT2D eigenvalue weighted by molar-refractivity contribution is 6.24. The first-order valence-corrected chi connectivity index (χ1v) is 13.3. The summed E-state index contributed by atoms with van der Waals surface area (Å²) in [5, 5.41) is 48.2. The first-order chi connectivity index (χ1) is 18.9. The molecule has 2 fully saturated rings. The van der Waals surface area contributed by atoms with Crippen molar-refractivity contribution in [3.8, 4) is 17.1 Å². The molecule has 2 saturated carbocycles. The number of hydrogen-bond donors (Lipinski definition) is 6. The molecule has 0 unspecified atom stereocenters. The summed E-state index contributed by atoms with van der Waals surface area (Å²) >= 11 is 0. The summed E-state index contributed by atoms with van der Waals surface area (Å²) in [5.74, 6) is -5.52. The molecular weight excluding hydrogens is 518 g/mol. The predicted octanol–water partition coefficient (Wildman–Crippen LogP) is 1.48. The van der Waals surface area contributed by atoms with Crippen molar-refractivity contribution in [2.24, 2.45) is 17.6 Å². The number of nitrogens with one attached hydrogen (secondary N) is 1. The quantitative estimate of drug-likeness (QED) is 0.288. The lowest BCUT2D eigenvalue weighted by molar-refractivity contribution is -0.153. The third kappa shape index (κ3) is 3.72. The van der Waals surface area contributed by atoms with Crippen molar-refractivity contribution in [1.82, 2.24) is 10.2 Å². The highest BCUT2D eigenvalue weighted by atomic mass is 16.4. The highest BCUT2D eigenvalue weighted by Gasteiger charge is 2.64. The number of fused-ring (bicyclic) bond motifs is 3. The lowest BCUT2D eigenvalue weighted by atomic mass is 9.57. The summed E-state index contributed by atoms with van der Waals surface area (Å²) in [6.07, 6.45) is 2.49.